The minimum Gasteiger partial charge on any atom is -0.353 e. The van der Waals surface area contributed by atoms with Gasteiger partial charge in [-0.05, 0) is 17.0 Å². The highest BCUT2D eigenvalue weighted by Gasteiger charge is 2.13. The Hall–Kier alpha value is -1.17. The van der Waals surface area contributed by atoms with E-state index in [9.17, 15) is 0 Å². The highest BCUT2D eigenvalue weighted by Crippen LogP contribution is 2.28. The summed E-state index contributed by atoms with van der Waals surface area (Å²) in [7, 11) is 0. The van der Waals surface area contributed by atoms with E-state index in [0.717, 1.165) is 6.42 Å². The number of fused-ring (bicyclic) bond motifs is 1. The molecule has 0 bridgehead atoms. The van der Waals surface area contributed by atoms with E-state index < -0.39 is 0 Å². The summed E-state index contributed by atoms with van der Waals surface area (Å²) in [5.41, 5.74) is 9.26. The lowest BCUT2D eigenvalue weighted by Gasteiger charge is -2.08. The van der Waals surface area contributed by atoms with Gasteiger partial charge in [0.1, 0.15) is 0 Å². The first-order chi connectivity index (χ1) is 7.84. The minimum atomic E-state index is 0.0452. The van der Waals surface area contributed by atoms with E-state index in [1.54, 1.807) is 22.7 Å². The largest absolute Gasteiger partial charge is 0.353 e. The van der Waals surface area contributed by atoms with Crippen LogP contribution in [-0.2, 0) is 6.42 Å². The van der Waals surface area contributed by atoms with Crippen molar-refractivity contribution in [2.75, 3.05) is 0 Å². The van der Waals surface area contributed by atoms with Gasteiger partial charge in [0.15, 0.2) is 0 Å². The van der Waals surface area contributed by atoms with E-state index in [2.05, 4.69) is 21.4 Å². The molecule has 0 fully saturated rings. The lowest BCUT2D eigenvalue weighted by Crippen LogP contribution is -2.12. The highest BCUT2D eigenvalue weighted by molar-refractivity contribution is 7.16. The van der Waals surface area contributed by atoms with Gasteiger partial charge in [0.2, 0.25) is 0 Å². The zero-order valence-corrected chi connectivity index (χ0v) is 10.1. The summed E-state index contributed by atoms with van der Waals surface area (Å²) in [6, 6.07) is 2.17. The standard InChI is InChI=1S/C11H11N3S2/c12-10(3-7-4-13-6-16-7)9-5-14-11-8(9)1-2-15-11/h1-2,4-6,10,14H,3,12H2. The smallest absolute Gasteiger partial charge is 0.1000 e. The third-order valence-corrected chi connectivity index (χ3v) is 4.29. The van der Waals surface area contributed by atoms with Crippen molar-refractivity contribution in [2.45, 2.75) is 12.5 Å². The molecule has 0 amide bonds. The highest BCUT2D eigenvalue weighted by atomic mass is 32.1. The van der Waals surface area contributed by atoms with Crippen LogP contribution >= 0.6 is 22.7 Å². The third-order valence-electron chi connectivity index (χ3n) is 2.64. The topological polar surface area (TPSA) is 54.7 Å². The van der Waals surface area contributed by atoms with Crippen molar-refractivity contribution in [1.82, 2.24) is 9.97 Å². The summed E-state index contributed by atoms with van der Waals surface area (Å²) in [6.45, 7) is 0. The fourth-order valence-electron chi connectivity index (χ4n) is 1.85. The van der Waals surface area contributed by atoms with Gasteiger partial charge >= 0.3 is 0 Å². The second-order valence-corrected chi connectivity index (χ2v) is 5.57. The van der Waals surface area contributed by atoms with Crippen molar-refractivity contribution in [3.8, 4) is 0 Å². The molecule has 16 heavy (non-hydrogen) atoms. The maximum atomic E-state index is 6.22. The number of thiazole rings is 1. The Morgan fingerprint density at radius 1 is 1.44 bits per heavy atom. The van der Waals surface area contributed by atoms with Gasteiger partial charge < -0.3 is 10.7 Å². The van der Waals surface area contributed by atoms with Gasteiger partial charge in [0, 0.05) is 35.1 Å². The number of rotatable bonds is 3. The normalized spacial score (nSPS) is 13.3. The van der Waals surface area contributed by atoms with Gasteiger partial charge in [-0.1, -0.05) is 0 Å². The molecule has 0 aromatic carbocycles. The Balaban J connectivity index is 1.90. The molecule has 0 radical (unpaired) electrons. The van der Waals surface area contributed by atoms with Gasteiger partial charge in [-0.2, -0.15) is 0 Å². The molecule has 1 unspecified atom stereocenters. The zero-order chi connectivity index (χ0) is 11.0. The van der Waals surface area contributed by atoms with Gasteiger partial charge in [-0.3, -0.25) is 4.98 Å². The summed E-state index contributed by atoms with van der Waals surface area (Å²) < 4.78 is 0. The molecule has 5 heteroatoms. The Kier molecular flexibility index (Phi) is 2.51. The number of nitrogens with zero attached hydrogens (tertiary/aromatic N) is 1. The Labute approximate surface area is 101 Å². The lowest BCUT2D eigenvalue weighted by atomic mass is 10.1. The van der Waals surface area contributed by atoms with E-state index >= 15 is 0 Å². The molecule has 0 aliphatic carbocycles. The van der Waals surface area contributed by atoms with Gasteiger partial charge in [0.25, 0.3) is 0 Å². The Bertz CT molecular complexity index is 579. The quantitative estimate of drug-likeness (QED) is 0.750. The van der Waals surface area contributed by atoms with Crippen LogP contribution in [0.1, 0.15) is 16.5 Å². The predicted octanol–water partition coefficient (Wildman–Crippen LogP) is 2.93. The average molecular weight is 249 g/mol. The van der Waals surface area contributed by atoms with Crippen molar-refractivity contribution in [3.63, 3.8) is 0 Å². The molecule has 3 aromatic heterocycles. The van der Waals surface area contributed by atoms with Crippen LogP contribution in [0, 0.1) is 0 Å². The first-order valence-corrected chi connectivity index (χ1v) is 6.78. The number of aromatic nitrogens is 2. The summed E-state index contributed by atoms with van der Waals surface area (Å²) in [5.74, 6) is 0. The molecule has 0 saturated carbocycles. The number of hydrogen-bond acceptors (Lipinski definition) is 4. The number of thiophene rings is 1. The van der Waals surface area contributed by atoms with Crippen molar-refractivity contribution >= 4 is 32.9 Å². The van der Waals surface area contributed by atoms with Crippen LogP contribution in [0.25, 0.3) is 10.2 Å². The molecule has 82 valence electrons. The summed E-state index contributed by atoms with van der Waals surface area (Å²) in [4.78, 5) is 9.76. The molecular formula is C11H11N3S2. The second kappa shape index (κ2) is 4.01. The van der Waals surface area contributed by atoms with Crippen LogP contribution < -0.4 is 5.73 Å². The average Bonchev–Trinajstić information content (AvgIpc) is 2.92. The maximum absolute atomic E-state index is 6.22. The van der Waals surface area contributed by atoms with Crippen LogP contribution in [0.2, 0.25) is 0 Å². The number of nitrogens with one attached hydrogen (secondary N) is 1. The summed E-state index contributed by atoms with van der Waals surface area (Å²) in [6.07, 6.45) is 4.77. The van der Waals surface area contributed by atoms with Crippen molar-refractivity contribution in [3.05, 3.63) is 39.8 Å². The molecule has 0 spiro atoms. The Morgan fingerprint density at radius 3 is 3.19 bits per heavy atom. The van der Waals surface area contributed by atoms with E-state index in [0.29, 0.717) is 0 Å². The second-order valence-electron chi connectivity index (χ2n) is 3.69. The predicted molar refractivity (Wildman–Crippen MR) is 68.9 cm³/mol. The molecule has 0 aliphatic rings. The fourth-order valence-corrected chi connectivity index (χ4v) is 3.28. The van der Waals surface area contributed by atoms with E-state index in [1.807, 2.05) is 17.9 Å². The first-order valence-electron chi connectivity index (χ1n) is 5.02. The van der Waals surface area contributed by atoms with Crippen molar-refractivity contribution in [1.29, 1.82) is 0 Å². The molecule has 3 N–H and O–H groups in total. The van der Waals surface area contributed by atoms with Crippen LogP contribution in [0.3, 0.4) is 0 Å². The lowest BCUT2D eigenvalue weighted by molar-refractivity contribution is 0.735. The first kappa shape index (κ1) is 10.0. The number of nitrogens with two attached hydrogens (primary N) is 1. The van der Waals surface area contributed by atoms with Crippen LogP contribution in [0.5, 0.6) is 0 Å². The summed E-state index contributed by atoms with van der Waals surface area (Å²) >= 11 is 3.37. The maximum Gasteiger partial charge on any atom is 0.1000 e. The van der Waals surface area contributed by atoms with E-state index in [-0.39, 0.29) is 6.04 Å². The SMILES string of the molecule is NC(Cc1cncs1)c1c[nH]c2sccc12. The molecule has 3 nitrogen and oxygen atoms in total. The van der Waals surface area contributed by atoms with E-state index in [4.69, 9.17) is 5.73 Å². The Morgan fingerprint density at radius 2 is 2.38 bits per heavy atom. The molecule has 1 atom stereocenters. The molecule has 3 aromatic rings. The number of H-pyrrole nitrogens is 1. The van der Waals surface area contributed by atoms with Crippen LogP contribution in [-0.4, -0.2) is 9.97 Å². The molecule has 3 heterocycles. The molecule has 0 aliphatic heterocycles. The zero-order valence-electron chi connectivity index (χ0n) is 8.51. The number of hydrogen-bond donors (Lipinski definition) is 2. The van der Waals surface area contributed by atoms with Gasteiger partial charge in [0.05, 0.1) is 10.3 Å². The van der Waals surface area contributed by atoms with E-state index in [1.165, 1.54) is 20.7 Å². The van der Waals surface area contributed by atoms with Crippen LogP contribution in [0.15, 0.2) is 29.4 Å². The molecule has 3 rings (SSSR count). The summed E-state index contributed by atoms with van der Waals surface area (Å²) in [5, 5.41) is 3.34. The van der Waals surface area contributed by atoms with Crippen LogP contribution in [0.4, 0.5) is 0 Å². The number of aromatic amines is 1. The minimum absolute atomic E-state index is 0.0452. The van der Waals surface area contributed by atoms with Crippen molar-refractivity contribution < 1.29 is 0 Å². The van der Waals surface area contributed by atoms with Crippen molar-refractivity contribution in [2.24, 2.45) is 5.73 Å². The third kappa shape index (κ3) is 1.67. The fraction of sp³-hybridized carbons (Fsp3) is 0.182. The monoisotopic (exact) mass is 249 g/mol. The molecule has 0 saturated heterocycles. The van der Waals surface area contributed by atoms with Gasteiger partial charge in [-0.15, -0.1) is 22.7 Å². The van der Waals surface area contributed by atoms with Gasteiger partial charge in [-0.25, -0.2) is 0 Å². The molecular weight excluding hydrogens is 238 g/mol.